The van der Waals surface area contributed by atoms with Crippen molar-refractivity contribution >= 4 is 12.0 Å². The summed E-state index contributed by atoms with van der Waals surface area (Å²) in [6, 6.07) is 5.57. The first kappa shape index (κ1) is 16.5. The maximum Gasteiger partial charge on any atom is 0.350 e. The number of rotatable bonds is 5. The largest absolute Gasteiger partial charge is 0.443 e. The minimum absolute atomic E-state index is 0.103. The molecule has 1 rings (SSSR count). The number of aromatic nitrogens is 1. The van der Waals surface area contributed by atoms with E-state index in [0.29, 0.717) is 0 Å². The minimum Gasteiger partial charge on any atom is -0.443 e. The molecule has 0 aliphatic heterocycles. The fourth-order valence-electron chi connectivity index (χ4n) is 2.08. The fourth-order valence-corrected chi connectivity index (χ4v) is 2.08. The molecule has 5 nitrogen and oxygen atoms in total. The molecule has 0 saturated carbocycles. The zero-order valence-electron chi connectivity index (χ0n) is 12.8. The maximum absolute atomic E-state index is 11.8. The highest BCUT2D eigenvalue weighted by molar-refractivity contribution is 5.98. The highest BCUT2D eigenvalue weighted by Crippen LogP contribution is 2.19. The summed E-state index contributed by atoms with van der Waals surface area (Å²) in [5.41, 5.74) is 2.80. The maximum atomic E-state index is 11.8. The third-order valence-electron chi connectivity index (χ3n) is 3.17. The minimum atomic E-state index is -0.873. The van der Waals surface area contributed by atoms with Crippen LogP contribution in [0.4, 0.5) is 0 Å². The van der Waals surface area contributed by atoms with Gasteiger partial charge in [0.05, 0.1) is 0 Å². The van der Waals surface area contributed by atoms with Crippen molar-refractivity contribution in [3.63, 3.8) is 0 Å². The molecule has 0 aliphatic carbocycles. The summed E-state index contributed by atoms with van der Waals surface area (Å²) in [6.45, 7) is 8.38. The van der Waals surface area contributed by atoms with Crippen LogP contribution in [0.15, 0.2) is 11.6 Å². The summed E-state index contributed by atoms with van der Waals surface area (Å²) in [4.78, 5) is 11.8. The molecule has 0 spiro atoms. The lowest BCUT2D eigenvalue weighted by molar-refractivity contribution is -0.140. The Bertz CT molecular complexity index is 642. The molecule has 1 atom stereocenters. The number of aryl methyl sites for hydroxylation is 1. The van der Waals surface area contributed by atoms with E-state index in [1.807, 2.05) is 26.0 Å². The van der Waals surface area contributed by atoms with Gasteiger partial charge in [-0.25, -0.2) is 4.79 Å². The van der Waals surface area contributed by atoms with Gasteiger partial charge in [0.25, 0.3) is 0 Å². The quantitative estimate of drug-likeness (QED) is 0.473. The Hall–Kier alpha value is -2.53. The lowest BCUT2D eigenvalue weighted by Gasteiger charge is -2.07. The molecule has 110 valence electrons. The molecule has 1 aromatic rings. The molecule has 21 heavy (non-hydrogen) atoms. The molecule has 0 saturated heterocycles. The molecule has 0 amide bonds. The highest BCUT2D eigenvalue weighted by atomic mass is 16.5. The molecule has 0 bridgehead atoms. The summed E-state index contributed by atoms with van der Waals surface area (Å²) in [7, 11) is 0. The second kappa shape index (κ2) is 7.31. The number of esters is 1. The van der Waals surface area contributed by atoms with E-state index in [2.05, 4.69) is 11.5 Å². The Morgan fingerprint density at radius 1 is 1.48 bits per heavy atom. The van der Waals surface area contributed by atoms with Gasteiger partial charge in [-0.05, 0) is 44.9 Å². The number of ether oxygens (including phenoxy) is 1. The second-order valence-corrected chi connectivity index (χ2v) is 4.82. The van der Waals surface area contributed by atoms with Gasteiger partial charge >= 0.3 is 5.97 Å². The average molecular weight is 285 g/mol. The van der Waals surface area contributed by atoms with Gasteiger partial charge in [-0.1, -0.05) is 6.92 Å². The second-order valence-electron chi connectivity index (χ2n) is 4.82. The van der Waals surface area contributed by atoms with Crippen LogP contribution in [0.3, 0.4) is 0 Å². The molecular formula is C16H19N3O2. The van der Waals surface area contributed by atoms with Crippen LogP contribution in [0.2, 0.25) is 0 Å². The van der Waals surface area contributed by atoms with Crippen molar-refractivity contribution in [2.75, 3.05) is 0 Å². The van der Waals surface area contributed by atoms with Crippen molar-refractivity contribution in [3.05, 3.63) is 28.6 Å². The predicted molar refractivity (Wildman–Crippen MR) is 79.0 cm³/mol. The molecule has 5 heteroatoms. The zero-order chi connectivity index (χ0) is 16.0. The first-order chi connectivity index (χ1) is 9.94. The number of hydrogen-bond acceptors (Lipinski definition) is 4. The van der Waals surface area contributed by atoms with Crippen molar-refractivity contribution in [1.82, 2.24) is 4.57 Å². The molecule has 0 fully saturated rings. The van der Waals surface area contributed by atoms with E-state index >= 15 is 0 Å². The third kappa shape index (κ3) is 3.97. The van der Waals surface area contributed by atoms with Gasteiger partial charge < -0.3 is 9.30 Å². The molecule has 1 aromatic heterocycles. The first-order valence-corrected chi connectivity index (χ1v) is 6.83. The van der Waals surface area contributed by atoms with E-state index < -0.39 is 12.1 Å². The number of nitrogens with zero attached hydrogens (tertiary/aromatic N) is 3. The van der Waals surface area contributed by atoms with E-state index in [9.17, 15) is 4.79 Å². The van der Waals surface area contributed by atoms with Gasteiger partial charge in [0, 0.05) is 17.9 Å². The zero-order valence-corrected chi connectivity index (χ0v) is 12.8. The Kier molecular flexibility index (Phi) is 5.75. The molecule has 0 aliphatic rings. The SMILES string of the molecule is CCCn1c(C)cc(/C=C(\C#N)C(=O)O[C@H](C)C#N)c1C. The van der Waals surface area contributed by atoms with Crippen molar-refractivity contribution in [1.29, 1.82) is 10.5 Å². The summed E-state index contributed by atoms with van der Waals surface area (Å²) in [6.07, 6.45) is 1.65. The number of hydrogen-bond donors (Lipinski definition) is 0. The van der Waals surface area contributed by atoms with Crippen LogP contribution in [0, 0.1) is 36.5 Å². The van der Waals surface area contributed by atoms with Crippen LogP contribution < -0.4 is 0 Å². The lowest BCUT2D eigenvalue weighted by Crippen LogP contribution is -2.14. The molecule has 0 radical (unpaired) electrons. The molecule has 0 N–H and O–H groups in total. The highest BCUT2D eigenvalue weighted by Gasteiger charge is 2.16. The Labute approximate surface area is 125 Å². The number of nitriles is 2. The van der Waals surface area contributed by atoms with Crippen LogP contribution in [0.5, 0.6) is 0 Å². The number of carbonyl (C=O) groups is 1. The van der Waals surface area contributed by atoms with Crippen LogP contribution >= 0.6 is 0 Å². The topological polar surface area (TPSA) is 78.8 Å². The predicted octanol–water partition coefficient (Wildman–Crippen LogP) is 2.88. The van der Waals surface area contributed by atoms with E-state index in [4.69, 9.17) is 15.3 Å². The Morgan fingerprint density at radius 3 is 2.67 bits per heavy atom. The van der Waals surface area contributed by atoms with Crippen LogP contribution in [0.25, 0.3) is 6.08 Å². The Morgan fingerprint density at radius 2 is 2.14 bits per heavy atom. The van der Waals surface area contributed by atoms with Gasteiger partial charge in [-0.15, -0.1) is 0 Å². The Balaban J connectivity index is 3.10. The monoisotopic (exact) mass is 285 g/mol. The van der Waals surface area contributed by atoms with E-state index in [0.717, 1.165) is 29.9 Å². The molecule has 1 heterocycles. The number of carbonyl (C=O) groups excluding carboxylic acids is 1. The smallest absolute Gasteiger partial charge is 0.350 e. The van der Waals surface area contributed by atoms with E-state index in [-0.39, 0.29) is 5.57 Å². The van der Waals surface area contributed by atoms with Crippen LogP contribution in [-0.4, -0.2) is 16.6 Å². The fraction of sp³-hybridized carbons (Fsp3) is 0.438. The summed E-state index contributed by atoms with van der Waals surface area (Å²) in [5, 5.41) is 17.7. The summed E-state index contributed by atoms with van der Waals surface area (Å²) in [5.74, 6) is -0.771. The van der Waals surface area contributed by atoms with Crippen LogP contribution in [0.1, 0.15) is 37.2 Å². The van der Waals surface area contributed by atoms with Gasteiger partial charge in [-0.2, -0.15) is 10.5 Å². The van der Waals surface area contributed by atoms with Gasteiger partial charge in [0.1, 0.15) is 17.7 Å². The van der Waals surface area contributed by atoms with Crippen molar-refractivity contribution in [2.45, 2.75) is 46.8 Å². The molecule has 0 unspecified atom stereocenters. The van der Waals surface area contributed by atoms with Gasteiger partial charge in [-0.3, -0.25) is 0 Å². The summed E-state index contributed by atoms with van der Waals surface area (Å²) >= 11 is 0. The van der Waals surface area contributed by atoms with E-state index in [1.54, 1.807) is 6.07 Å². The van der Waals surface area contributed by atoms with Gasteiger partial charge in [0.15, 0.2) is 6.10 Å². The lowest BCUT2D eigenvalue weighted by atomic mass is 10.1. The molecule has 0 aromatic carbocycles. The first-order valence-electron chi connectivity index (χ1n) is 6.83. The van der Waals surface area contributed by atoms with Gasteiger partial charge in [0.2, 0.25) is 0 Å². The molecular weight excluding hydrogens is 266 g/mol. The standard InChI is InChI=1S/C16H19N3O2/c1-5-6-19-11(2)7-14(13(19)4)8-15(10-18)16(20)21-12(3)9-17/h7-8,12H,5-6H2,1-4H3/b15-8+/t12-/m1/s1. The van der Waals surface area contributed by atoms with Crippen molar-refractivity contribution in [3.8, 4) is 12.1 Å². The van der Waals surface area contributed by atoms with E-state index in [1.165, 1.54) is 13.0 Å². The van der Waals surface area contributed by atoms with Crippen LogP contribution in [-0.2, 0) is 16.1 Å². The summed E-state index contributed by atoms with van der Waals surface area (Å²) < 4.78 is 6.99. The average Bonchev–Trinajstić information content (AvgIpc) is 2.72. The van der Waals surface area contributed by atoms with Crippen molar-refractivity contribution in [2.24, 2.45) is 0 Å². The third-order valence-corrected chi connectivity index (χ3v) is 3.17. The van der Waals surface area contributed by atoms with Crippen molar-refractivity contribution < 1.29 is 9.53 Å². The normalized spacial score (nSPS) is 12.4.